The van der Waals surface area contributed by atoms with Gasteiger partial charge in [-0.1, -0.05) is 13.8 Å². The van der Waals surface area contributed by atoms with Gasteiger partial charge in [0.2, 0.25) is 0 Å². The lowest BCUT2D eigenvalue weighted by Crippen LogP contribution is -2.51. The van der Waals surface area contributed by atoms with E-state index in [4.69, 9.17) is 4.74 Å². The average molecular weight is 242 g/mol. The van der Waals surface area contributed by atoms with Crippen molar-refractivity contribution < 1.29 is 14.6 Å². The lowest BCUT2D eigenvalue weighted by molar-refractivity contribution is -0.168. The number of fused-ring (bicyclic) bond motifs is 1. The second kappa shape index (κ2) is 3.16. The molecule has 1 spiro atoms. The standard InChI is InChI=1S/C12H18O3S/c1-11(2)7-3-8(13)12(4-7)6-16-5-9(14)15-10(11)12/h7-8,10,13H,3-6H2,1-2H3/t7-,8-,10?,12+/m0/s1. The zero-order chi connectivity index (χ0) is 11.6. The van der Waals surface area contributed by atoms with Crippen molar-refractivity contribution in [3.8, 4) is 0 Å². The molecule has 1 aliphatic heterocycles. The molecule has 0 aromatic rings. The number of hydrogen-bond donors (Lipinski definition) is 1. The molecule has 2 bridgehead atoms. The molecule has 2 aliphatic carbocycles. The van der Waals surface area contributed by atoms with Gasteiger partial charge in [0, 0.05) is 16.6 Å². The van der Waals surface area contributed by atoms with Crippen LogP contribution in [-0.4, -0.2) is 34.8 Å². The van der Waals surface area contributed by atoms with Crippen molar-refractivity contribution in [2.24, 2.45) is 16.7 Å². The van der Waals surface area contributed by atoms with Crippen LogP contribution in [0.3, 0.4) is 0 Å². The molecule has 0 aromatic carbocycles. The molecule has 3 rings (SSSR count). The van der Waals surface area contributed by atoms with Gasteiger partial charge in [-0.25, -0.2) is 0 Å². The minimum Gasteiger partial charge on any atom is -0.460 e. The first-order chi connectivity index (χ1) is 7.47. The number of carbonyl (C=O) groups excluding carboxylic acids is 1. The number of carbonyl (C=O) groups is 1. The second-order valence-corrected chi connectivity index (χ2v) is 7.06. The van der Waals surface area contributed by atoms with E-state index >= 15 is 0 Å². The van der Waals surface area contributed by atoms with Crippen molar-refractivity contribution in [2.45, 2.75) is 38.9 Å². The largest absolute Gasteiger partial charge is 0.460 e. The molecule has 1 saturated heterocycles. The van der Waals surface area contributed by atoms with Gasteiger partial charge < -0.3 is 9.84 Å². The van der Waals surface area contributed by atoms with Crippen LogP contribution in [-0.2, 0) is 9.53 Å². The predicted octanol–water partition coefficient (Wildman–Crippen LogP) is 1.44. The summed E-state index contributed by atoms with van der Waals surface area (Å²) in [7, 11) is 0. The number of aliphatic hydroxyl groups excluding tert-OH is 1. The number of esters is 1. The maximum absolute atomic E-state index is 11.6. The molecule has 1 heterocycles. The van der Waals surface area contributed by atoms with Gasteiger partial charge >= 0.3 is 5.97 Å². The van der Waals surface area contributed by atoms with E-state index in [-0.39, 0.29) is 29.0 Å². The van der Waals surface area contributed by atoms with Gasteiger partial charge in [-0.2, -0.15) is 0 Å². The number of rotatable bonds is 0. The van der Waals surface area contributed by atoms with E-state index in [1.165, 1.54) is 0 Å². The van der Waals surface area contributed by atoms with E-state index < -0.39 is 0 Å². The molecule has 4 heteroatoms. The van der Waals surface area contributed by atoms with Crippen LogP contribution in [0.5, 0.6) is 0 Å². The number of aliphatic hydroxyl groups is 1. The van der Waals surface area contributed by atoms with E-state index in [0.29, 0.717) is 11.7 Å². The summed E-state index contributed by atoms with van der Waals surface area (Å²) in [4.78, 5) is 11.6. The van der Waals surface area contributed by atoms with Crippen molar-refractivity contribution in [1.82, 2.24) is 0 Å². The molecule has 0 radical (unpaired) electrons. The maximum atomic E-state index is 11.6. The summed E-state index contributed by atoms with van der Waals surface area (Å²) in [5, 5.41) is 10.2. The summed E-state index contributed by atoms with van der Waals surface area (Å²) in [5.74, 6) is 1.69. The summed E-state index contributed by atoms with van der Waals surface area (Å²) in [6, 6.07) is 0. The lowest BCUT2D eigenvalue weighted by atomic mass is 9.68. The second-order valence-electron chi connectivity index (χ2n) is 6.07. The summed E-state index contributed by atoms with van der Waals surface area (Å²) in [6.45, 7) is 4.36. The monoisotopic (exact) mass is 242 g/mol. The molecular weight excluding hydrogens is 224 g/mol. The Kier molecular flexibility index (Phi) is 2.16. The third kappa shape index (κ3) is 1.17. The first-order valence-corrected chi connectivity index (χ1v) is 7.07. The van der Waals surface area contributed by atoms with Crippen molar-refractivity contribution in [3.05, 3.63) is 0 Å². The molecule has 1 N–H and O–H groups in total. The van der Waals surface area contributed by atoms with Crippen LogP contribution >= 0.6 is 11.8 Å². The maximum Gasteiger partial charge on any atom is 0.316 e. The number of ether oxygens (including phenoxy) is 1. The topological polar surface area (TPSA) is 46.5 Å². The Morgan fingerprint density at radius 1 is 1.50 bits per heavy atom. The minimum atomic E-state index is -0.283. The van der Waals surface area contributed by atoms with Crippen LogP contribution in [0, 0.1) is 16.7 Å². The Hall–Kier alpha value is -0.220. The van der Waals surface area contributed by atoms with Gasteiger partial charge in [-0.3, -0.25) is 4.79 Å². The van der Waals surface area contributed by atoms with Crippen molar-refractivity contribution >= 4 is 17.7 Å². The van der Waals surface area contributed by atoms with Crippen LogP contribution in [0.25, 0.3) is 0 Å². The van der Waals surface area contributed by atoms with Crippen molar-refractivity contribution in [1.29, 1.82) is 0 Å². The predicted molar refractivity (Wildman–Crippen MR) is 62.1 cm³/mol. The summed E-state index contributed by atoms with van der Waals surface area (Å²) in [5.41, 5.74) is -0.134. The van der Waals surface area contributed by atoms with E-state index in [9.17, 15) is 9.90 Å². The smallest absolute Gasteiger partial charge is 0.316 e. The first kappa shape index (κ1) is 10.9. The van der Waals surface area contributed by atoms with E-state index in [0.717, 1.165) is 18.6 Å². The van der Waals surface area contributed by atoms with Gasteiger partial charge in [0.15, 0.2) is 0 Å². The van der Waals surface area contributed by atoms with Gasteiger partial charge in [0.25, 0.3) is 0 Å². The highest BCUT2D eigenvalue weighted by atomic mass is 32.2. The highest BCUT2D eigenvalue weighted by Gasteiger charge is 2.68. The number of hydrogen-bond acceptors (Lipinski definition) is 4. The van der Waals surface area contributed by atoms with Crippen molar-refractivity contribution in [2.75, 3.05) is 11.5 Å². The molecule has 4 atom stereocenters. The Morgan fingerprint density at radius 2 is 2.25 bits per heavy atom. The Morgan fingerprint density at radius 3 is 3.00 bits per heavy atom. The first-order valence-electron chi connectivity index (χ1n) is 5.92. The Labute approximate surface area is 99.9 Å². The van der Waals surface area contributed by atoms with Crippen LogP contribution in [0.15, 0.2) is 0 Å². The molecule has 90 valence electrons. The molecule has 0 aromatic heterocycles. The fourth-order valence-corrected chi connectivity index (χ4v) is 5.15. The molecule has 3 nitrogen and oxygen atoms in total. The molecule has 2 saturated carbocycles. The molecule has 3 aliphatic rings. The van der Waals surface area contributed by atoms with Crippen LogP contribution in [0.2, 0.25) is 0 Å². The SMILES string of the molecule is CC1(C)C2OC(=O)CSC[C@@]23C[C@@H]1C[C@@H]3O. The molecule has 0 amide bonds. The third-order valence-electron chi connectivity index (χ3n) is 4.89. The lowest BCUT2D eigenvalue weighted by Gasteiger charge is -2.44. The molecule has 16 heavy (non-hydrogen) atoms. The Bertz CT molecular complexity index is 341. The third-order valence-corrected chi connectivity index (χ3v) is 6.07. The van der Waals surface area contributed by atoms with Gasteiger partial charge in [0.1, 0.15) is 6.10 Å². The molecule has 1 unspecified atom stereocenters. The summed E-state index contributed by atoms with van der Waals surface area (Å²) < 4.78 is 5.63. The normalized spacial score (nSPS) is 49.7. The summed E-state index contributed by atoms with van der Waals surface area (Å²) in [6.07, 6.45) is 1.53. The van der Waals surface area contributed by atoms with E-state index in [2.05, 4.69) is 13.8 Å². The fraction of sp³-hybridized carbons (Fsp3) is 0.917. The zero-order valence-electron chi connectivity index (χ0n) is 9.73. The highest BCUT2D eigenvalue weighted by Crippen LogP contribution is 2.65. The quantitative estimate of drug-likeness (QED) is 0.653. The van der Waals surface area contributed by atoms with E-state index in [1.54, 1.807) is 11.8 Å². The molecular formula is C12H18O3S. The zero-order valence-corrected chi connectivity index (χ0v) is 10.5. The number of thioether (sulfide) groups is 1. The van der Waals surface area contributed by atoms with Gasteiger partial charge in [-0.05, 0) is 18.8 Å². The molecule has 3 fully saturated rings. The van der Waals surface area contributed by atoms with Crippen LogP contribution < -0.4 is 0 Å². The highest BCUT2D eigenvalue weighted by molar-refractivity contribution is 7.99. The van der Waals surface area contributed by atoms with Crippen molar-refractivity contribution in [3.63, 3.8) is 0 Å². The Balaban J connectivity index is 2.03. The minimum absolute atomic E-state index is 0.0276. The average Bonchev–Trinajstić information content (AvgIpc) is 2.51. The summed E-state index contributed by atoms with van der Waals surface area (Å²) >= 11 is 1.62. The van der Waals surface area contributed by atoms with Gasteiger partial charge in [-0.15, -0.1) is 11.8 Å². The van der Waals surface area contributed by atoms with Gasteiger partial charge in [0.05, 0.1) is 11.9 Å². The fourth-order valence-electron chi connectivity index (χ4n) is 3.98. The van der Waals surface area contributed by atoms with E-state index in [1.807, 2.05) is 0 Å². The van der Waals surface area contributed by atoms with Crippen LogP contribution in [0.1, 0.15) is 26.7 Å². The van der Waals surface area contributed by atoms with Crippen LogP contribution in [0.4, 0.5) is 0 Å².